The second kappa shape index (κ2) is 5.63. The minimum Gasteiger partial charge on any atom is -0.311 e. The van der Waals surface area contributed by atoms with Crippen LogP contribution in [0.5, 0.6) is 0 Å². The number of carbonyl (C=O) groups excluding carboxylic acids is 1. The Morgan fingerprint density at radius 1 is 1.44 bits per heavy atom. The molecule has 1 fully saturated rings. The van der Waals surface area contributed by atoms with Gasteiger partial charge in [0.1, 0.15) is 0 Å². The molecule has 1 unspecified atom stereocenters. The number of Topliss-reactive ketones (excluding diaryl/α,β-unsaturated/α-hetero) is 1. The van der Waals surface area contributed by atoms with E-state index in [0.717, 1.165) is 36.3 Å². The average molecular weight is 246 g/mol. The molecule has 98 valence electrons. The summed E-state index contributed by atoms with van der Waals surface area (Å²) >= 11 is 0. The lowest BCUT2D eigenvalue weighted by atomic mass is 9.97. The second-order valence-corrected chi connectivity index (χ2v) is 5.36. The molecule has 1 atom stereocenters. The maximum atomic E-state index is 12.3. The first-order valence-electron chi connectivity index (χ1n) is 6.58. The van der Waals surface area contributed by atoms with Crippen LogP contribution in [-0.4, -0.2) is 43.4 Å². The molecule has 0 saturated carbocycles. The van der Waals surface area contributed by atoms with E-state index in [0.29, 0.717) is 6.42 Å². The van der Waals surface area contributed by atoms with Gasteiger partial charge in [0.2, 0.25) is 0 Å². The van der Waals surface area contributed by atoms with Gasteiger partial charge in [-0.1, -0.05) is 17.7 Å². The van der Waals surface area contributed by atoms with Gasteiger partial charge in [-0.3, -0.25) is 4.79 Å². The zero-order chi connectivity index (χ0) is 13.1. The molecule has 3 heteroatoms. The van der Waals surface area contributed by atoms with Crippen LogP contribution in [0.4, 0.5) is 0 Å². The van der Waals surface area contributed by atoms with Crippen LogP contribution < -0.4 is 5.32 Å². The van der Waals surface area contributed by atoms with E-state index in [4.69, 9.17) is 0 Å². The molecule has 1 aliphatic heterocycles. The van der Waals surface area contributed by atoms with Gasteiger partial charge in [-0.2, -0.15) is 0 Å². The molecule has 3 nitrogen and oxygen atoms in total. The lowest BCUT2D eigenvalue weighted by Gasteiger charge is -2.30. The Labute approximate surface area is 109 Å². The third-order valence-corrected chi connectivity index (χ3v) is 3.58. The van der Waals surface area contributed by atoms with Crippen LogP contribution in [0.1, 0.15) is 27.9 Å². The standard InChI is InChI=1S/C15H22N2O/c1-11-4-5-12(2)14(8-11)15(18)9-13-10-17(3)7-6-16-13/h4-5,8,13,16H,6-7,9-10H2,1-3H3. The van der Waals surface area contributed by atoms with E-state index in [9.17, 15) is 4.79 Å². The van der Waals surface area contributed by atoms with Crippen LogP contribution in [0.25, 0.3) is 0 Å². The quantitative estimate of drug-likeness (QED) is 0.825. The summed E-state index contributed by atoms with van der Waals surface area (Å²) in [6, 6.07) is 6.38. The van der Waals surface area contributed by atoms with Crippen LogP contribution >= 0.6 is 0 Å². The zero-order valence-corrected chi connectivity index (χ0v) is 11.5. The maximum Gasteiger partial charge on any atom is 0.164 e. The number of likely N-dealkylation sites (N-methyl/N-ethyl adjacent to an activating group) is 1. The highest BCUT2D eigenvalue weighted by Crippen LogP contribution is 2.14. The van der Waals surface area contributed by atoms with E-state index in [-0.39, 0.29) is 11.8 Å². The van der Waals surface area contributed by atoms with E-state index in [1.165, 1.54) is 0 Å². The maximum absolute atomic E-state index is 12.3. The van der Waals surface area contributed by atoms with Gasteiger partial charge in [0.15, 0.2) is 5.78 Å². The van der Waals surface area contributed by atoms with Gasteiger partial charge < -0.3 is 10.2 Å². The van der Waals surface area contributed by atoms with Gasteiger partial charge in [-0.15, -0.1) is 0 Å². The summed E-state index contributed by atoms with van der Waals surface area (Å²) < 4.78 is 0. The van der Waals surface area contributed by atoms with Gasteiger partial charge in [-0.05, 0) is 32.5 Å². The highest BCUT2D eigenvalue weighted by atomic mass is 16.1. The highest BCUT2D eigenvalue weighted by molar-refractivity contribution is 5.98. The van der Waals surface area contributed by atoms with Crippen LogP contribution in [0.15, 0.2) is 18.2 Å². The number of carbonyl (C=O) groups is 1. The van der Waals surface area contributed by atoms with Crippen LogP contribution in [0.2, 0.25) is 0 Å². The number of piperazine rings is 1. The molecule has 0 radical (unpaired) electrons. The van der Waals surface area contributed by atoms with Crippen molar-refractivity contribution in [3.05, 3.63) is 34.9 Å². The predicted molar refractivity (Wildman–Crippen MR) is 74.2 cm³/mol. The van der Waals surface area contributed by atoms with Gasteiger partial charge >= 0.3 is 0 Å². The van der Waals surface area contributed by atoms with Crippen LogP contribution in [-0.2, 0) is 0 Å². The van der Waals surface area contributed by atoms with Crippen molar-refractivity contribution in [3.63, 3.8) is 0 Å². The molecule has 1 aromatic carbocycles. The molecule has 1 heterocycles. The van der Waals surface area contributed by atoms with E-state index in [1.54, 1.807) is 0 Å². The normalized spacial score (nSPS) is 20.9. The smallest absolute Gasteiger partial charge is 0.164 e. The molecule has 1 aliphatic rings. The number of aryl methyl sites for hydroxylation is 2. The third-order valence-electron chi connectivity index (χ3n) is 3.58. The fourth-order valence-electron chi connectivity index (χ4n) is 2.50. The van der Waals surface area contributed by atoms with Crippen LogP contribution in [0.3, 0.4) is 0 Å². The first-order valence-corrected chi connectivity index (χ1v) is 6.58. The first-order chi connectivity index (χ1) is 8.56. The fraction of sp³-hybridized carbons (Fsp3) is 0.533. The minimum absolute atomic E-state index is 0.254. The molecule has 1 aromatic rings. The summed E-state index contributed by atoms with van der Waals surface area (Å²) in [5.41, 5.74) is 3.11. The van der Waals surface area contributed by atoms with E-state index in [2.05, 4.69) is 23.3 Å². The Hall–Kier alpha value is -1.19. The zero-order valence-electron chi connectivity index (χ0n) is 11.5. The summed E-state index contributed by atoms with van der Waals surface area (Å²) in [4.78, 5) is 14.6. The molecular formula is C15H22N2O. The number of hydrogen-bond acceptors (Lipinski definition) is 3. The number of nitrogens with one attached hydrogen (secondary N) is 1. The number of ketones is 1. The van der Waals surface area contributed by atoms with Crippen molar-refractivity contribution in [1.29, 1.82) is 0 Å². The Kier molecular flexibility index (Phi) is 4.15. The topological polar surface area (TPSA) is 32.3 Å². The van der Waals surface area contributed by atoms with Crippen molar-refractivity contribution in [1.82, 2.24) is 10.2 Å². The van der Waals surface area contributed by atoms with Crippen molar-refractivity contribution in [2.75, 3.05) is 26.7 Å². The number of rotatable bonds is 3. The molecule has 18 heavy (non-hydrogen) atoms. The van der Waals surface area contributed by atoms with E-state index in [1.807, 2.05) is 26.0 Å². The lowest BCUT2D eigenvalue weighted by Crippen LogP contribution is -2.49. The Morgan fingerprint density at radius 2 is 2.22 bits per heavy atom. The van der Waals surface area contributed by atoms with Crippen LogP contribution in [0, 0.1) is 13.8 Å². The van der Waals surface area contributed by atoms with Crippen molar-refractivity contribution >= 4 is 5.78 Å². The number of benzene rings is 1. The Bertz CT molecular complexity index is 442. The van der Waals surface area contributed by atoms with Crippen molar-refractivity contribution in [2.24, 2.45) is 0 Å². The Morgan fingerprint density at radius 3 is 2.94 bits per heavy atom. The molecule has 0 aromatic heterocycles. The van der Waals surface area contributed by atoms with Crippen molar-refractivity contribution in [3.8, 4) is 0 Å². The number of nitrogens with zero attached hydrogens (tertiary/aromatic N) is 1. The van der Waals surface area contributed by atoms with Crippen molar-refractivity contribution < 1.29 is 4.79 Å². The summed E-state index contributed by atoms with van der Waals surface area (Å²) in [5, 5.41) is 3.42. The van der Waals surface area contributed by atoms with Gasteiger partial charge in [0.05, 0.1) is 0 Å². The first kappa shape index (κ1) is 13.2. The molecule has 1 N–H and O–H groups in total. The predicted octanol–water partition coefficient (Wildman–Crippen LogP) is 1.78. The van der Waals surface area contributed by atoms with E-state index < -0.39 is 0 Å². The molecule has 0 spiro atoms. The van der Waals surface area contributed by atoms with E-state index >= 15 is 0 Å². The molecular weight excluding hydrogens is 224 g/mol. The van der Waals surface area contributed by atoms with Gasteiger partial charge in [0, 0.05) is 37.7 Å². The Balaban J connectivity index is 2.05. The van der Waals surface area contributed by atoms with Gasteiger partial charge in [0.25, 0.3) is 0 Å². The lowest BCUT2D eigenvalue weighted by molar-refractivity contribution is 0.0951. The highest BCUT2D eigenvalue weighted by Gasteiger charge is 2.20. The molecule has 2 rings (SSSR count). The largest absolute Gasteiger partial charge is 0.311 e. The monoisotopic (exact) mass is 246 g/mol. The third kappa shape index (κ3) is 3.18. The summed E-state index contributed by atoms with van der Waals surface area (Å²) in [6.45, 7) is 7.03. The molecule has 0 bridgehead atoms. The molecule has 0 aliphatic carbocycles. The van der Waals surface area contributed by atoms with Crippen molar-refractivity contribution in [2.45, 2.75) is 26.3 Å². The fourth-order valence-corrected chi connectivity index (χ4v) is 2.50. The molecule has 1 saturated heterocycles. The molecule has 0 amide bonds. The number of hydrogen-bond donors (Lipinski definition) is 1. The SMILES string of the molecule is Cc1ccc(C)c(C(=O)CC2CN(C)CCN2)c1. The summed E-state index contributed by atoms with van der Waals surface area (Å²) in [6.07, 6.45) is 0.592. The average Bonchev–Trinajstić information content (AvgIpc) is 2.32. The summed E-state index contributed by atoms with van der Waals surface area (Å²) in [5.74, 6) is 0.254. The summed E-state index contributed by atoms with van der Waals surface area (Å²) in [7, 11) is 2.11. The minimum atomic E-state index is 0.254. The van der Waals surface area contributed by atoms with Gasteiger partial charge in [-0.25, -0.2) is 0 Å². The second-order valence-electron chi connectivity index (χ2n) is 5.36.